The number of imidazole rings is 1. The Bertz CT molecular complexity index is 908. The number of hydrogen-bond acceptors (Lipinski definition) is 3. The van der Waals surface area contributed by atoms with Crippen molar-refractivity contribution in [2.45, 2.75) is 46.1 Å². The van der Waals surface area contributed by atoms with Gasteiger partial charge in [-0.05, 0) is 38.5 Å². The van der Waals surface area contributed by atoms with Crippen molar-refractivity contribution >= 4 is 16.9 Å². The fourth-order valence-electron chi connectivity index (χ4n) is 3.43. The standard InChI is InChI=1S/C20H27N5O/c1-5-8-18(25-15(3)13-14(2)23-25)20(26)21-12-11-19-22-16-9-6-7-10-17(16)24(19)4/h6-7,9-10,13,18H,5,8,11-12H2,1-4H3,(H,21,26)/t18-/m0/s1. The molecule has 0 saturated heterocycles. The quantitative estimate of drug-likeness (QED) is 0.710. The highest BCUT2D eigenvalue weighted by atomic mass is 16.2. The number of carbonyl (C=O) groups excluding carboxylic acids is 1. The molecule has 0 unspecified atom stereocenters. The van der Waals surface area contributed by atoms with Crippen LogP contribution in [0.4, 0.5) is 0 Å². The summed E-state index contributed by atoms with van der Waals surface area (Å²) in [6.45, 7) is 6.60. The summed E-state index contributed by atoms with van der Waals surface area (Å²) in [6, 6.07) is 9.83. The van der Waals surface area contributed by atoms with Gasteiger partial charge in [0.25, 0.3) is 0 Å². The molecule has 3 aromatic rings. The maximum atomic E-state index is 12.7. The van der Waals surface area contributed by atoms with E-state index in [0.29, 0.717) is 13.0 Å². The number of hydrogen-bond donors (Lipinski definition) is 1. The number of para-hydroxylation sites is 2. The Hall–Kier alpha value is -2.63. The molecule has 2 heterocycles. The molecule has 6 heteroatoms. The number of aryl methyl sites for hydroxylation is 3. The molecule has 138 valence electrons. The van der Waals surface area contributed by atoms with Gasteiger partial charge >= 0.3 is 0 Å². The zero-order valence-corrected chi connectivity index (χ0v) is 16.0. The molecular formula is C20H27N5O. The van der Waals surface area contributed by atoms with Gasteiger partial charge in [-0.1, -0.05) is 25.5 Å². The van der Waals surface area contributed by atoms with Crippen LogP contribution >= 0.6 is 0 Å². The van der Waals surface area contributed by atoms with Crippen molar-refractivity contribution < 1.29 is 4.79 Å². The summed E-state index contributed by atoms with van der Waals surface area (Å²) < 4.78 is 3.94. The Morgan fingerprint density at radius 1 is 1.27 bits per heavy atom. The Morgan fingerprint density at radius 2 is 2.04 bits per heavy atom. The van der Waals surface area contributed by atoms with Gasteiger partial charge in [0.05, 0.1) is 16.7 Å². The molecule has 1 amide bonds. The monoisotopic (exact) mass is 353 g/mol. The molecule has 0 fully saturated rings. The number of nitrogens with one attached hydrogen (secondary N) is 1. The van der Waals surface area contributed by atoms with Gasteiger partial charge < -0.3 is 9.88 Å². The van der Waals surface area contributed by atoms with Gasteiger partial charge in [0, 0.05) is 25.7 Å². The van der Waals surface area contributed by atoms with E-state index in [2.05, 4.69) is 33.0 Å². The van der Waals surface area contributed by atoms with Crippen molar-refractivity contribution in [3.05, 3.63) is 47.5 Å². The lowest BCUT2D eigenvalue weighted by Gasteiger charge is -2.18. The van der Waals surface area contributed by atoms with Crippen LogP contribution in [0.3, 0.4) is 0 Å². The van der Waals surface area contributed by atoms with E-state index in [9.17, 15) is 4.79 Å². The van der Waals surface area contributed by atoms with Gasteiger partial charge in [-0.3, -0.25) is 9.48 Å². The SMILES string of the molecule is CCC[C@@H](C(=O)NCCc1nc2ccccc2n1C)n1nc(C)cc1C. The zero-order chi connectivity index (χ0) is 18.7. The molecule has 0 spiro atoms. The molecule has 1 N–H and O–H groups in total. The Kier molecular flexibility index (Phi) is 5.40. The van der Waals surface area contributed by atoms with Crippen molar-refractivity contribution in [3.8, 4) is 0 Å². The third kappa shape index (κ3) is 3.64. The Morgan fingerprint density at radius 3 is 2.69 bits per heavy atom. The average molecular weight is 353 g/mol. The third-order valence-electron chi connectivity index (χ3n) is 4.73. The average Bonchev–Trinajstić information content (AvgIpc) is 3.12. The number of aromatic nitrogens is 4. The lowest BCUT2D eigenvalue weighted by molar-refractivity contribution is -0.124. The lowest BCUT2D eigenvalue weighted by Crippen LogP contribution is -2.35. The van der Waals surface area contributed by atoms with Gasteiger partial charge in [0.2, 0.25) is 5.91 Å². The van der Waals surface area contributed by atoms with Crippen LogP contribution < -0.4 is 5.32 Å². The highest BCUT2D eigenvalue weighted by molar-refractivity contribution is 5.80. The summed E-state index contributed by atoms with van der Waals surface area (Å²) in [5.74, 6) is 1.00. The van der Waals surface area contributed by atoms with Crippen LogP contribution in [-0.4, -0.2) is 31.8 Å². The van der Waals surface area contributed by atoms with Crippen molar-refractivity contribution in [1.82, 2.24) is 24.6 Å². The van der Waals surface area contributed by atoms with E-state index in [0.717, 1.165) is 41.1 Å². The van der Waals surface area contributed by atoms with E-state index in [-0.39, 0.29) is 11.9 Å². The van der Waals surface area contributed by atoms with Crippen LogP contribution in [0.15, 0.2) is 30.3 Å². The maximum absolute atomic E-state index is 12.7. The summed E-state index contributed by atoms with van der Waals surface area (Å²) in [4.78, 5) is 17.4. The number of carbonyl (C=O) groups is 1. The maximum Gasteiger partial charge on any atom is 0.244 e. The molecule has 2 aromatic heterocycles. The molecular weight excluding hydrogens is 326 g/mol. The van der Waals surface area contributed by atoms with E-state index in [4.69, 9.17) is 0 Å². The number of fused-ring (bicyclic) bond motifs is 1. The molecule has 0 bridgehead atoms. The van der Waals surface area contributed by atoms with Gasteiger partial charge in [-0.2, -0.15) is 5.10 Å². The summed E-state index contributed by atoms with van der Waals surface area (Å²) in [6.07, 6.45) is 2.41. The highest BCUT2D eigenvalue weighted by Crippen LogP contribution is 2.17. The molecule has 26 heavy (non-hydrogen) atoms. The van der Waals surface area contributed by atoms with Crippen molar-refractivity contribution in [3.63, 3.8) is 0 Å². The first-order valence-corrected chi connectivity index (χ1v) is 9.22. The van der Waals surface area contributed by atoms with Crippen LogP contribution in [0.5, 0.6) is 0 Å². The molecule has 1 atom stereocenters. The summed E-state index contributed by atoms with van der Waals surface area (Å²) in [7, 11) is 2.02. The Labute approximate surface area is 154 Å². The summed E-state index contributed by atoms with van der Waals surface area (Å²) in [5, 5.41) is 7.57. The summed E-state index contributed by atoms with van der Waals surface area (Å²) in [5.41, 5.74) is 4.06. The van der Waals surface area contributed by atoms with Gasteiger partial charge in [0.1, 0.15) is 11.9 Å². The molecule has 3 rings (SSSR count). The predicted octanol–water partition coefficient (Wildman–Crippen LogP) is 3.09. The van der Waals surface area contributed by atoms with Crippen LogP contribution in [0.25, 0.3) is 11.0 Å². The zero-order valence-electron chi connectivity index (χ0n) is 16.0. The van der Waals surface area contributed by atoms with Gasteiger partial charge in [0.15, 0.2) is 0 Å². The topological polar surface area (TPSA) is 64.7 Å². The molecule has 0 aliphatic rings. The fourth-order valence-corrected chi connectivity index (χ4v) is 3.43. The van der Waals surface area contributed by atoms with E-state index >= 15 is 0 Å². The number of amides is 1. The highest BCUT2D eigenvalue weighted by Gasteiger charge is 2.22. The first kappa shape index (κ1) is 18.2. The largest absolute Gasteiger partial charge is 0.354 e. The molecule has 0 aliphatic carbocycles. The minimum Gasteiger partial charge on any atom is -0.354 e. The van der Waals surface area contributed by atoms with Crippen molar-refractivity contribution in [2.75, 3.05) is 6.54 Å². The van der Waals surface area contributed by atoms with E-state index in [1.165, 1.54) is 0 Å². The fraction of sp³-hybridized carbons (Fsp3) is 0.450. The molecule has 0 saturated carbocycles. The normalized spacial score (nSPS) is 12.5. The van der Waals surface area contributed by atoms with Crippen molar-refractivity contribution in [2.24, 2.45) is 7.05 Å². The predicted molar refractivity (Wildman–Crippen MR) is 103 cm³/mol. The van der Waals surface area contributed by atoms with E-state index in [1.807, 2.05) is 49.8 Å². The van der Waals surface area contributed by atoms with Crippen LogP contribution in [0.1, 0.15) is 43.0 Å². The van der Waals surface area contributed by atoms with Gasteiger partial charge in [-0.25, -0.2) is 4.98 Å². The molecule has 1 aromatic carbocycles. The van der Waals surface area contributed by atoms with Crippen LogP contribution in [0, 0.1) is 13.8 Å². The minimum absolute atomic E-state index is 0.0248. The summed E-state index contributed by atoms with van der Waals surface area (Å²) >= 11 is 0. The van der Waals surface area contributed by atoms with E-state index < -0.39 is 0 Å². The smallest absolute Gasteiger partial charge is 0.244 e. The second kappa shape index (κ2) is 7.72. The molecule has 6 nitrogen and oxygen atoms in total. The first-order valence-electron chi connectivity index (χ1n) is 9.22. The second-order valence-electron chi connectivity index (χ2n) is 6.79. The number of rotatable bonds is 7. The van der Waals surface area contributed by atoms with Gasteiger partial charge in [-0.15, -0.1) is 0 Å². The molecule has 0 aliphatic heterocycles. The lowest BCUT2D eigenvalue weighted by atomic mass is 10.1. The minimum atomic E-state index is -0.255. The van der Waals surface area contributed by atoms with E-state index in [1.54, 1.807) is 0 Å². The number of nitrogens with zero attached hydrogens (tertiary/aromatic N) is 4. The van der Waals surface area contributed by atoms with Crippen molar-refractivity contribution in [1.29, 1.82) is 0 Å². The number of benzene rings is 1. The second-order valence-corrected chi connectivity index (χ2v) is 6.79. The van der Waals surface area contributed by atoms with Crippen LogP contribution in [-0.2, 0) is 18.3 Å². The Balaban J connectivity index is 1.66. The third-order valence-corrected chi connectivity index (χ3v) is 4.73. The first-order chi connectivity index (χ1) is 12.5. The van der Waals surface area contributed by atoms with Crippen LogP contribution in [0.2, 0.25) is 0 Å². The molecule has 0 radical (unpaired) electrons.